The zero-order valence-corrected chi connectivity index (χ0v) is 12.5. The summed E-state index contributed by atoms with van der Waals surface area (Å²) in [5.74, 6) is 0.509. The number of rotatable bonds is 6. The lowest BCUT2D eigenvalue weighted by atomic mass is 10.3. The van der Waals surface area contributed by atoms with Gasteiger partial charge in [-0.25, -0.2) is 4.98 Å². The van der Waals surface area contributed by atoms with Crippen molar-refractivity contribution in [3.63, 3.8) is 0 Å². The maximum Gasteiger partial charge on any atom is 0.242 e. The lowest BCUT2D eigenvalue weighted by Gasteiger charge is -2.21. The molecule has 0 aliphatic carbocycles. The van der Waals surface area contributed by atoms with Crippen molar-refractivity contribution in [3.8, 4) is 0 Å². The van der Waals surface area contributed by atoms with E-state index in [-0.39, 0.29) is 19.1 Å². The van der Waals surface area contributed by atoms with Crippen molar-refractivity contribution in [2.45, 2.75) is 27.0 Å². The number of hydrogen-bond acceptors (Lipinski definition) is 3. The minimum atomic E-state index is -0.186. The third-order valence-corrected chi connectivity index (χ3v) is 3.36. The highest BCUT2D eigenvalue weighted by Crippen LogP contribution is 2.16. The Balaban J connectivity index is 2.29. The lowest BCUT2D eigenvalue weighted by molar-refractivity contribution is -0.131. The predicted molar refractivity (Wildman–Crippen MR) is 82.7 cm³/mol. The minimum absolute atomic E-state index is 0.00152. The molecule has 1 amide bonds. The number of aliphatic hydroxyl groups is 1. The van der Waals surface area contributed by atoms with Gasteiger partial charge in [0.05, 0.1) is 11.0 Å². The van der Waals surface area contributed by atoms with Crippen LogP contribution in [0.4, 0.5) is 0 Å². The summed E-state index contributed by atoms with van der Waals surface area (Å²) in [6.45, 7) is 8.88. The van der Waals surface area contributed by atoms with E-state index in [9.17, 15) is 9.90 Å². The van der Waals surface area contributed by atoms with Crippen LogP contribution in [-0.2, 0) is 17.9 Å². The maximum atomic E-state index is 12.4. The van der Waals surface area contributed by atoms with Crippen molar-refractivity contribution in [2.75, 3.05) is 13.1 Å². The second-order valence-electron chi connectivity index (χ2n) is 5.13. The van der Waals surface area contributed by atoms with E-state index in [1.54, 1.807) is 9.47 Å². The standard InChI is InChI=1S/C16H21N3O2/c1-4-18(9-12(2)3)16(21)10-19-14-8-6-5-7-13(14)17-15(19)11-20/h5-8,20H,2,4,9-11H2,1,3H3. The van der Waals surface area contributed by atoms with Gasteiger partial charge in [0, 0.05) is 13.1 Å². The molecule has 21 heavy (non-hydrogen) atoms. The molecular formula is C16H21N3O2. The lowest BCUT2D eigenvalue weighted by Crippen LogP contribution is -2.35. The van der Waals surface area contributed by atoms with Crippen LogP contribution in [0.2, 0.25) is 0 Å². The van der Waals surface area contributed by atoms with E-state index in [4.69, 9.17) is 0 Å². The highest BCUT2D eigenvalue weighted by Gasteiger charge is 2.16. The monoisotopic (exact) mass is 287 g/mol. The van der Waals surface area contributed by atoms with Crippen LogP contribution in [0.3, 0.4) is 0 Å². The summed E-state index contributed by atoms with van der Waals surface area (Å²) in [6, 6.07) is 7.57. The topological polar surface area (TPSA) is 58.4 Å². The van der Waals surface area contributed by atoms with Gasteiger partial charge in [-0.2, -0.15) is 0 Å². The van der Waals surface area contributed by atoms with Gasteiger partial charge in [-0.3, -0.25) is 4.79 Å². The second-order valence-corrected chi connectivity index (χ2v) is 5.13. The van der Waals surface area contributed by atoms with Crippen molar-refractivity contribution in [1.29, 1.82) is 0 Å². The number of carbonyl (C=O) groups excluding carboxylic acids is 1. The van der Waals surface area contributed by atoms with Gasteiger partial charge in [-0.1, -0.05) is 24.3 Å². The zero-order chi connectivity index (χ0) is 15.4. The average Bonchev–Trinajstić information content (AvgIpc) is 2.82. The van der Waals surface area contributed by atoms with Gasteiger partial charge in [-0.05, 0) is 26.0 Å². The van der Waals surface area contributed by atoms with Crippen LogP contribution < -0.4 is 0 Å². The number of likely N-dealkylation sites (N-methyl/N-ethyl adjacent to an activating group) is 1. The molecule has 5 heteroatoms. The van der Waals surface area contributed by atoms with Gasteiger partial charge < -0.3 is 14.6 Å². The number of benzene rings is 1. The van der Waals surface area contributed by atoms with Gasteiger partial charge in [-0.15, -0.1) is 0 Å². The quantitative estimate of drug-likeness (QED) is 0.826. The van der Waals surface area contributed by atoms with Gasteiger partial charge in [0.2, 0.25) is 5.91 Å². The Morgan fingerprint density at radius 3 is 2.76 bits per heavy atom. The van der Waals surface area contributed by atoms with Gasteiger partial charge in [0.1, 0.15) is 19.0 Å². The number of hydrogen-bond donors (Lipinski definition) is 1. The summed E-state index contributed by atoms with van der Waals surface area (Å²) in [4.78, 5) is 18.5. The summed E-state index contributed by atoms with van der Waals surface area (Å²) in [5, 5.41) is 9.45. The number of nitrogens with zero attached hydrogens (tertiary/aromatic N) is 3. The van der Waals surface area contributed by atoms with E-state index in [2.05, 4.69) is 11.6 Å². The second kappa shape index (κ2) is 6.54. The molecule has 0 spiro atoms. The van der Waals surface area contributed by atoms with Crippen molar-refractivity contribution < 1.29 is 9.90 Å². The zero-order valence-electron chi connectivity index (χ0n) is 12.5. The summed E-state index contributed by atoms with van der Waals surface area (Å²) in [6.07, 6.45) is 0. The first kappa shape index (κ1) is 15.3. The van der Waals surface area contributed by atoms with E-state index in [0.717, 1.165) is 16.6 Å². The Hall–Kier alpha value is -2.14. The minimum Gasteiger partial charge on any atom is -0.388 e. The van der Waals surface area contributed by atoms with Crippen molar-refractivity contribution in [2.24, 2.45) is 0 Å². The largest absolute Gasteiger partial charge is 0.388 e. The van der Waals surface area contributed by atoms with Crippen LogP contribution in [0.1, 0.15) is 19.7 Å². The Morgan fingerprint density at radius 2 is 2.14 bits per heavy atom. The molecule has 112 valence electrons. The first-order valence-electron chi connectivity index (χ1n) is 7.04. The SMILES string of the molecule is C=C(C)CN(CC)C(=O)Cn1c(CO)nc2ccccc21. The molecule has 0 fully saturated rings. The molecule has 0 saturated carbocycles. The molecule has 1 aromatic heterocycles. The molecule has 0 aliphatic rings. The fourth-order valence-electron chi connectivity index (χ4n) is 2.36. The molecule has 0 aliphatic heterocycles. The Kier molecular flexibility index (Phi) is 4.75. The molecule has 1 N–H and O–H groups in total. The van der Waals surface area contributed by atoms with Crippen LogP contribution >= 0.6 is 0 Å². The third kappa shape index (κ3) is 3.31. The molecule has 5 nitrogen and oxygen atoms in total. The van der Waals surface area contributed by atoms with Crippen molar-refractivity contribution >= 4 is 16.9 Å². The number of carbonyl (C=O) groups is 1. The van der Waals surface area contributed by atoms with Gasteiger partial charge in [0.25, 0.3) is 0 Å². The predicted octanol–water partition coefficient (Wildman–Crippen LogP) is 1.95. The molecular weight excluding hydrogens is 266 g/mol. The number of amides is 1. The average molecular weight is 287 g/mol. The van der Waals surface area contributed by atoms with Crippen LogP contribution in [0, 0.1) is 0 Å². The van der Waals surface area contributed by atoms with E-state index >= 15 is 0 Å². The Labute approximate surface area is 124 Å². The fourth-order valence-corrected chi connectivity index (χ4v) is 2.36. The van der Waals surface area contributed by atoms with E-state index < -0.39 is 0 Å². The molecule has 0 bridgehead atoms. The smallest absolute Gasteiger partial charge is 0.242 e. The molecule has 2 rings (SSSR count). The van der Waals surface area contributed by atoms with E-state index in [0.29, 0.717) is 18.9 Å². The fraction of sp³-hybridized carbons (Fsp3) is 0.375. The van der Waals surface area contributed by atoms with Crippen LogP contribution in [0.5, 0.6) is 0 Å². The molecule has 0 radical (unpaired) electrons. The summed E-state index contributed by atoms with van der Waals surface area (Å²) >= 11 is 0. The first-order chi connectivity index (χ1) is 10.1. The maximum absolute atomic E-state index is 12.4. The van der Waals surface area contributed by atoms with Crippen molar-refractivity contribution in [3.05, 3.63) is 42.2 Å². The Bertz CT molecular complexity index is 661. The van der Waals surface area contributed by atoms with Gasteiger partial charge >= 0.3 is 0 Å². The molecule has 0 atom stereocenters. The third-order valence-electron chi connectivity index (χ3n) is 3.36. The van der Waals surface area contributed by atoms with Gasteiger partial charge in [0.15, 0.2) is 0 Å². The van der Waals surface area contributed by atoms with Crippen LogP contribution in [0.15, 0.2) is 36.4 Å². The molecule has 0 unspecified atom stereocenters. The van der Waals surface area contributed by atoms with Crippen molar-refractivity contribution in [1.82, 2.24) is 14.5 Å². The summed E-state index contributed by atoms with van der Waals surface area (Å²) in [5.41, 5.74) is 2.60. The highest BCUT2D eigenvalue weighted by molar-refractivity contribution is 5.81. The normalized spacial score (nSPS) is 10.8. The van der Waals surface area contributed by atoms with Crippen LogP contribution in [0.25, 0.3) is 11.0 Å². The number of imidazole rings is 1. The summed E-state index contributed by atoms with van der Waals surface area (Å²) < 4.78 is 1.78. The first-order valence-corrected chi connectivity index (χ1v) is 7.04. The molecule has 1 aromatic carbocycles. The molecule has 0 saturated heterocycles. The number of aromatic nitrogens is 2. The van der Waals surface area contributed by atoms with E-state index in [1.807, 2.05) is 38.1 Å². The molecule has 1 heterocycles. The summed E-state index contributed by atoms with van der Waals surface area (Å²) in [7, 11) is 0. The Morgan fingerprint density at radius 1 is 1.43 bits per heavy atom. The number of para-hydroxylation sites is 2. The van der Waals surface area contributed by atoms with Crippen LogP contribution in [-0.4, -0.2) is 38.6 Å². The number of aliphatic hydroxyl groups excluding tert-OH is 1. The molecule has 2 aromatic rings. The highest BCUT2D eigenvalue weighted by atomic mass is 16.3. The van der Waals surface area contributed by atoms with E-state index in [1.165, 1.54) is 0 Å². The number of fused-ring (bicyclic) bond motifs is 1.